The van der Waals surface area contributed by atoms with Gasteiger partial charge in [-0.3, -0.25) is 0 Å². The van der Waals surface area contributed by atoms with Crippen molar-refractivity contribution in [3.05, 3.63) is 18.6 Å². The van der Waals surface area contributed by atoms with E-state index < -0.39 is 15.7 Å². The van der Waals surface area contributed by atoms with Gasteiger partial charge in [0.15, 0.2) is 0 Å². The highest BCUT2D eigenvalue weighted by Crippen LogP contribution is 2.28. The Balaban J connectivity index is 0.00000225. The molecule has 0 spiro atoms. The molecule has 1 atom stereocenters. The van der Waals surface area contributed by atoms with E-state index in [0.29, 0.717) is 6.61 Å². The number of halogens is 3. The smallest absolute Gasteiger partial charge is 0.379 e. The molecule has 0 N–H and O–H groups in total. The SMILES string of the molecule is C[SiH2]C1([CH]C=CC(F)(F)F)CCCCO1.[H+]. The molecule has 1 rings (SSSR count). The zero-order valence-corrected chi connectivity index (χ0v) is 10.2. The Hall–Kier alpha value is -0.293. The van der Waals surface area contributed by atoms with Crippen molar-refractivity contribution in [2.75, 3.05) is 6.61 Å². The van der Waals surface area contributed by atoms with Gasteiger partial charge in [-0.25, -0.2) is 0 Å². The van der Waals surface area contributed by atoms with Gasteiger partial charge in [-0.15, -0.1) is 0 Å². The fourth-order valence-corrected chi connectivity index (χ4v) is 3.06. The number of hydrogen-bond donors (Lipinski definition) is 0. The van der Waals surface area contributed by atoms with E-state index in [9.17, 15) is 13.2 Å². The molecule has 0 amide bonds. The molecule has 0 aliphatic carbocycles. The molecule has 15 heavy (non-hydrogen) atoms. The molecule has 1 radical (unpaired) electrons. The molecule has 1 heterocycles. The van der Waals surface area contributed by atoms with E-state index in [0.717, 1.165) is 25.3 Å². The Morgan fingerprint density at radius 3 is 2.60 bits per heavy atom. The summed E-state index contributed by atoms with van der Waals surface area (Å²) in [6.07, 6.45) is 1.70. The van der Waals surface area contributed by atoms with E-state index in [4.69, 9.17) is 4.74 Å². The maximum Gasteiger partial charge on any atom is 1.00 e. The van der Waals surface area contributed by atoms with E-state index in [2.05, 4.69) is 6.55 Å². The van der Waals surface area contributed by atoms with Gasteiger partial charge < -0.3 is 4.74 Å². The third-order valence-corrected chi connectivity index (χ3v) is 4.66. The van der Waals surface area contributed by atoms with Crippen LogP contribution in [0.5, 0.6) is 0 Å². The van der Waals surface area contributed by atoms with Gasteiger partial charge in [0, 0.05) is 19.1 Å². The number of alkyl halides is 3. The van der Waals surface area contributed by atoms with E-state index >= 15 is 0 Å². The molecule has 5 heteroatoms. The molecule has 0 aromatic rings. The van der Waals surface area contributed by atoms with Crippen LogP contribution in [0, 0.1) is 6.42 Å². The van der Waals surface area contributed by atoms with Crippen LogP contribution in [-0.2, 0) is 4.74 Å². The summed E-state index contributed by atoms with van der Waals surface area (Å²) in [4.78, 5) is 0. The molecule has 1 saturated heterocycles. The first-order chi connectivity index (χ1) is 6.97. The van der Waals surface area contributed by atoms with Gasteiger partial charge in [0.2, 0.25) is 0 Å². The van der Waals surface area contributed by atoms with Crippen LogP contribution >= 0.6 is 0 Å². The van der Waals surface area contributed by atoms with Crippen LogP contribution in [-0.4, -0.2) is 27.5 Å². The summed E-state index contributed by atoms with van der Waals surface area (Å²) in [6, 6.07) is 0. The maximum absolute atomic E-state index is 11.9. The van der Waals surface area contributed by atoms with Crippen LogP contribution in [0.15, 0.2) is 12.2 Å². The Kier molecular flexibility index (Phi) is 4.40. The second-order valence-electron chi connectivity index (χ2n) is 3.79. The number of ether oxygens (including phenoxy) is 1. The third-order valence-electron chi connectivity index (χ3n) is 2.67. The van der Waals surface area contributed by atoms with Crippen molar-refractivity contribution in [3.8, 4) is 0 Å². The first kappa shape index (κ1) is 12.8. The highest BCUT2D eigenvalue weighted by atomic mass is 28.2. The lowest BCUT2D eigenvalue weighted by Crippen LogP contribution is -2.41. The van der Waals surface area contributed by atoms with Gasteiger partial charge in [0.1, 0.15) is 0 Å². The zero-order valence-electron chi connectivity index (χ0n) is 9.81. The Morgan fingerprint density at radius 2 is 2.13 bits per heavy atom. The van der Waals surface area contributed by atoms with Crippen molar-refractivity contribution in [1.29, 1.82) is 0 Å². The van der Waals surface area contributed by atoms with Crippen LogP contribution in [0.3, 0.4) is 0 Å². The molecular formula is C10H17F3OSi+. The molecule has 1 fully saturated rings. The average molecular weight is 238 g/mol. The second-order valence-corrected chi connectivity index (χ2v) is 5.70. The first-order valence-corrected chi connectivity index (χ1v) is 7.34. The zero-order chi connectivity index (χ0) is 11.4. The fourth-order valence-electron chi connectivity index (χ4n) is 1.73. The monoisotopic (exact) mass is 238 g/mol. The number of allylic oxidation sites excluding steroid dienone is 1. The standard InChI is InChI=1S/C10H16F3OSi/c1-15-9(5-2-3-8-14-9)6-4-7-10(11,12)13/h4,6-7H,2-3,5,8,15H2,1H3/p+1. The summed E-state index contributed by atoms with van der Waals surface area (Å²) in [7, 11) is -0.499. The number of hydrogen-bond acceptors (Lipinski definition) is 1. The molecule has 1 aliphatic rings. The Bertz CT molecular complexity index is 225. The predicted molar refractivity (Wildman–Crippen MR) is 57.5 cm³/mol. The summed E-state index contributed by atoms with van der Waals surface area (Å²) in [5.41, 5.74) is 0. The van der Waals surface area contributed by atoms with Gasteiger partial charge in [0.25, 0.3) is 0 Å². The van der Waals surface area contributed by atoms with Gasteiger partial charge in [-0.1, -0.05) is 12.6 Å². The van der Waals surface area contributed by atoms with Gasteiger partial charge in [-0.05, 0) is 19.3 Å². The minimum Gasteiger partial charge on any atom is -0.379 e. The van der Waals surface area contributed by atoms with Gasteiger partial charge in [-0.2, -0.15) is 13.2 Å². The first-order valence-electron chi connectivity index (χ1n) is 5.22. The lowest BCUT2D eigenvalue weighted by atomic mass is 10.1. The minimum absolute atomic E-state index is 0. The summed E-state index contributed by atoms with van der Waals surface area (Å²) in [6.45, 7) is 2.75. The molecular weight excluding hydrogens is 221 g/mol. The van der Waals surface area contributed by atoms with Crippen molar-refractivity contribution in [3.63, 3.8) is 0 Å². The van der Waals surface area contributed by atoms with E-state index in [1.165, 1.54) is 0 Å². The fraction of sp³-hybridized carbons (Fsp3) is 0.700. The molecule has 87 valence electrons. The Labute approximate surface area is 92.0 Å². The number of rotatable bonds is 3. The van der Waals surface area contributed by atoms with Gasteiger partial charge in [0.05, 0.1) is 14.7 Å². The van der Waals surface area contributed by atoms with Crippen LogP contribution in [0.2, 0.25) is 6.55 Å². The van der Waals surface area contributed by atoms with Crippen molar-refractivity contribution in [2.45, 2.75) is 37.2 Å². The summed E-state index contributed by atoms with van der Waals surface area (Å²) in [5.74, 6) is 0. The van der Waals surface area contributed by atoms with E-state index in [1.807, 2.05) is 0 Å². The third kappa shape index (κ3) is 4.38. The van der Waals surface area contributed by atoms with E-state index in [1.54, 1.807) is 6.42 Å². The lowest BCUT2D eigenvalue weighted by molar-refractivity contribution is -0.0800. The molecule has 0 saturated carbocycles. The largest absolute Gasteiger partial charge is 1.00 e. The molecule has 0 bridgehead atoms. The highest BCUT2D eigenvalue weighted by molar-refractivity contribution is 6.38. The predicted octanol–water partition coefficient (Wildman–Crippen LogP) is 2.54. The summed E-state index contributed by atoms with van der Waals surface area (Å²) < 4.78 is 41.3. The molecule has 1 nitrogen and oxygen atoms in total. The van der Waals surface area contributed by atoms with Crippen molar-refractivity contribution in [1.82, 2.24) is 0 Å². The Morgan fingerprint density at radius 1 is 1.40 bits per heavy atom. The van der Waals surface area contributed by atoms with E-state index in [-0.39, 0.29) is 12.7 Å². The average Bonchev–Trinajstić information content (AvgIpc) is 2.17. The molecule has 1 unspecified atom stereocenters. The second kappa shape index (κ2) is 5.16. The minimum atomic E-state index is -4.22. The van der Waals surface area contributed by atoms with Crippen molar-refractivity contribution < 1.29 is 19.3 Å². The molecule has 0 aromatic heterocycles. The normalized spacial score (nSPS) is 29.3. The lowest BCUT2D eigenvalue weighted by Gasteiger charge is -2.35. The van der Waals surface area contributed by atoms with Crippen molar-refractivity contribution in [2.24, 2.45) is 0 Å². The quantitative estimate of drug-likeness (QED) is 0.687. The van der Waals surface area contributed by atoms with Crippen LogP contribution < -0.4 is 0 Å². The van der Waals surface area contributed by atoms with Crippen LogP contribution in [0.1, 0.15) is 20.7 Å². The summed E-state index contributed by atoms with van der Waals surface area (Å²) >= 11 is 0. The molecule has 1 aliphatic heterocycles. The maximum atomic E-state index is 11.9. The van der Waals surface area contributed by atoms with Gasteiger partial charge >= 0.3 is 7.60 Å². The van der Waals surface area contributed by atoms with Crippen LogP contribution in [0.4, 0.5) is 13.2 Å². The topological polar surface area (TPSA) is 9.23 Å². The van der Waals surface area contributed by atoms with Crippen molar-refractivity contribution >= 4 is 9.52 Å². The molecule has 0 aromatic carbocycles. The summed E-state index contributed by atoms with van der Waals surface area (Å²) in [5, 5.41) is -0.333. The van der Waals surface area contributed by atoms with Crippen LogP contribution in [0.25, 0.3) is 0 Å². The highest BCUT2D eigenvalue weighted by Gasteiger charge is 2.31.